The first kappa shape index (κ1) is 15.9. The van der Waals surface area contributed by atoms with Crippen LogP contribution in [-0.2, 0) is 4.74 Å². The zero-order valence-electron chi connectivity index (χ0n) is 14.6. The molecule has 1 N–H and O–H groups in total. The topological polar surface area (TPSA) is 75.5 Å². The van der Waals surface area contributed by atoms with Crippen LogP contribution in [0.4, 0.5) is 4.79 Å². The number of amides is 1. The lowest BCUT2D eigenvalue weighted by Crippen LogP contribution is -2.48. The first-order chi connectivity index (χ1) is 13.2. The van der Waals surface area contributed by atoms with Gasteiger partial charge < -0.3 is 14.2 Å². The summed E-state index contributed by atoms with van der Waals surface area (Å²) < 4.78 is 10.7. The maximum Gasteiger partial charge on any atom is 0.409 e. The number of carbonyl (C=O) groups excluding carboxylic acids is 1. The van der Waals surface area contributed by atoms with Crippen LogP contribution in [0.3, 0.4) is 0 Å². The lowest BCUT2D eigenvalue weighted by molar-refractivity contribution is 0.0645. The van der Waals surface area contributed by atoms with Gasteiger partial charge in [0.25, 0.3) is 5.56 Å². The van der Waals surface area contributed by atoms with Crippen LogP contribution in [0.2, 0.25) is 0 Å². The molecule has 1 aliphatic heterocycles. The summed E-state index contributed by atoms with van der Waals surface area (Å²) in [4.78, 5) is 25.2. The highest BCUT2D eigenvalue weighted by Gasteiger charge is 2.36. The molecule has 0 unspecified atom stereocenters. The predicted molar refractivity (Wildman–Crippen MR) is 98.7 cm³/mol. The number of hydrogen-bond donors (Lipinski definition) is 1. The van der Waals surface area contributed by atoms with Crippen LogP contribution >= 0.6 is 0 Å². The molecule has 1 aromatic heterocycles. The van der Waals surface area contributed by atoms with Gasteiger partial charge >= 0.3 is 6.09 Å². The summed E-state index contributed by atoms with van der Waals surface area (Å²) >= 11 is 0. The second-order valence-corrected chi connectivity index (χ2v) is 7.02. The minimum absolute atomic E-state index is 0.0458. The van der Waals surface area contributed by atoms with Crippen molar-refractivity contribution in [3.63, 3.8) is 0 Å². The molecule has 0 spiro atoms. The Morgan fingerprint density at radius 1 is 1.07 bits per heavy atom. The van der Waals surface area contributed by atoms with E-state index in [1.165, 1.54) is 28.3 Å². The fourth-order valence-electron chi connectivity index (χ4n) is 3.99. The highest BCUT2D eigenvalue weighted by atomic mass is 16.6. The Kier molecular flexibility index (Phi) is 3.63. The van der Waals surface area contributed by atoms with Crippen molar-refractivity contribution in [2.75, 3.05) is 19.7 Å². The van der Waals surface area contributed by atoms with Crippen molar-refractivity contribution in [2.45, 2.75) is 11.8 Å². The lowest BCUT2D eigenvalue weighted by Gasteiger charge is -2.36. The van der Waals surface area contributed by atoms with Crippen molar-refractivity contribution in [1.29, 1.82) is 0 Å². The Morgan fingerprint density at radius 2 is 1.70 bits per heavy atom. The van der Waals surface area contributed by atoms with Crippen LogP contribution in [0.15, 0.2) is 63.9 Å². The van der Waals surface area contributed by atoms with Crippen LogP contribution in [-0.4, -0.2) is 35.8 Å². The zero-order chi connectivity index (χ0) is 18.4. The first-order valence-electron chi connectivity index (χ1n) is 8.99. The molecule has 5 rings (SSSR count). The maximum absolute atomic E-state index is 12.4. The van der Waals surface area contributed by atoms with Crippen LogP contribution in [0, 0.1) is 0 Å². The smallest absolute Gasteiger partial charge is 0.409 e. The summed E-state index contributed by atoms with van der Waals surface area (Å²) in [5.74, 6) is 0.688. The van der Waals surface area contributed by atoms with E-state index in [1.807, 2.05) is 24.3 Å². The van der Waals surface area contributed by atoms with E-state index in [9.17, 15) is 9.59 Å². The number of ether oxygens (including phenoxy) is 1. The van der Waals surface area contributed by atoms with E-state index in [4.69, 9.17) is 9.26 Å². The van der Waals surface area contributed by atoms with Gasteiger partial charge in [-0.2, -0.15) is 5.16 Å². The molecule has 1 fully saturated rings. The fraction of sp³-hybridized carbons (Fsp3) is 0.238. The largest absolute Gasteiger partial charge is 0.448 e. The number of fused-ring (bicyclic) bond motifs is 3. The number of hydrogen-bond acceptors (Lipinski definition) is 4. The van der Waals surface area contributed by atoms with Crippen molar-refractivity contribution in [3.05, 3.63) is 81.8 Å². The number of H-pyrrole nitrogens is 1. The van der Waals surface area contributed by atoms with Gasteiger partial charge in [-0.3, -0.25) is 4.79 Å². The molecule has 6 nitrogen and oxygen atoms in total. The second-order valence-electron chi connectivity index (χ2n) is 7.02. The molecule has 2 heterocycles. The Hall–Kier alpha value is -3.28. The van der Waals surface area contributed by atoms with Gasteiger partial charge in [-0.15, -0.1) is 0 Å². The molecule has 6 heteroatoms. The van der Waals surface area contributed by atoms with Gasteiger partial charge in [0.05, 0.1) is 5.92 Å². The molecule has 2 aromatic carbocycles. The van der Waals surface area contributed by atoms with Crippen LogP contribution in [0.25, 0.3) is 11.1 Å². The predicted octanol–water partition coefficient (Wildman–Crippen LogP) is 3.32. The number of rotatable bonds is 3. The summed E-state index contributed by atoms with van der Waals surface area (Å²) in [6.45, 7) is 1.31. The van der Waals surface area contributed by atoms with Gasteiger partial charge in [-0.1, -0.05) is 48.5 Å². The summed E-state index contributed by atoms with van der Waals surface area (Å²) in [6.07, 6.45) is -0.328. The number of benzene rings is 2. The molecule has 1 aliphatic carbocycles. The number of carbonyl (C=O) groups is 1. The van der Waals surface area contributed by atoms with Gasteiger partial charge in [0.1, 0.15) is 12.4 Å². The van der Waals surface area contributed by atoms with E-state index >= 15 is 0 Å². The van der Waals surface area contributed by atoms with E-state index in [0.717, 1.165) is 0 Å². The highest BCUT2D eigenvalue weighted by Crippen LogP contribution is 2.44. The minimum Gasteiger partial charge on any atom is -0.448 e. The molecule has 0 bridgehead atoms. The van der Waals surface area contributed by atoms with Crippen molar-refractivity contribution in [3.8, 4) is 11.1 Å². The second kappa shape index (κ2) is 6.16. The molecule has 3 aromatic rings. The molecule has 136 valence electrons. The van der Waals surface area contributed by atoms with Crippen LogP contribution < -0.4 is 5.56 Å². The third kappa shape index (κ3) is 2.65. The van der Waals surface area contributed by atoms with Crippen molar-refractivity contribution in [1.82, 2.24) is 10.1 Å². The normalized spacial score (nSPS) is 15.9. The molecule has 0 atom stereocenters. The minimum atomic E-state index is -0.328. The SMILES string of the molecule is O=C(OCC1c2ccccc2-c2ccccc21)N1CC(c2cc(=O)[nH]o2)C1. The molecule has 0 saturated carbocycles. The molecule has 1 amide bonds. The number of nitrogens with one attached hydrogen (secondary N) is 1. The number of nitrogens with zero attached hydrogens (tertiary/aromatic N) is 1. The molecular formula is C21H18N2O4. The Morgan fingerprint density at radius 3 is 2.30 bits per heavy atom. The van der Waals surface area contributed by atoms with E-state index in [1.54, 1.807) is 4.90 Å². The standard InChI is InChI=1S/C21H18N2O4/c24-20-9-19(27-22-20)13-10-23(11-13)21(25)26-12-18-16-7-3-1-5-14(16)15-6-2-4-8-17(15)18/h1-9,13,18H,10-12H2,(H,22,24). The third-order valence-electron chi connectivity index (χ3n) is 5.42. The van der Waals surface area contributed by atoms with E-state index < -0.39 is 0 Å². The Labute approximate surface area is 155 Å². The molecule has 27 heavy (non-hydrogen) atoms. The third-order valence-corrected chi connectivity index (χ3v) is 5.42. The van der Waals surface area contributed by atoms with Gasteiger partial charge in [-0.25, -0.2) is 4.79 Å². The molecule has 0 radical (unpaired) electrons. The number of aromatic amines is 1. The lowest BCUT2D eigenvalue weighted by atomic mass is 9.97. The van der Waals surface area contributed by atoms with E-state index in [2.05, 4.69) is 29.4 Å². The highest BCUT2D eigenvalue weighted by molar-refractivity contribution is 5.79. The molecular weight excluding hydrogens is 344 g/mol. The zero-order valence-corrected chi connectivity index (χ0v) is 14.6. The quantitative estimate of drug-likeness (QED) is 0.776. The van der Waals surface area contributed by atoms with Crippen LogP contribution in [0.5, 0.6) is 0 Å². The van der Waals surface area contributed by atoms with Crippen molar-refractivity contribution < 1.29 is 14.1 Å². The van der Waals surface area contributed by atoms with Gasteiger partial charge in [0, 0.05) is 25.1 Å². The molecule has 1 saturated heterocycles. The number of likely N-dealkylation sites (tertiary alicyclic amines) is 1. The Bertz CT molecular complexity index is 1020. The number of aromatic nitrogens is 1. The van der Waals surface area contributed by atoms with Gasteiger partial charge in [0.15, 0.2) is 0 Å². The van der Waals surface area contributed by atoms with Crippen molar-refractivity contribution in [2.24, 2.45) is 0 Å². The average Bonchev–Trinajstić information content (AvgIpc) is 3.20. The molecule has 2 aliphatic rings. The fourth-order valence-corrected chi connectivity index (χ4v) is 3.99. The average molecular weight is 362 g/mol. The van der Waals surface area contributed by atoms with Crippen molar-refractivity contribution >= 4 is 6.09 Å². The first-order valence-corrected chi connectivity index (χ1v) is 8.99. The summed E-state index contributed by atoms with van der Waals surface area (Å²) in [6, 6.07) is 17.9. The summed E-state index contributed by atoms with van der Waals surface area (Å²) in [7, 11) is 0. The van der Waals surface area contributed by atoms with E-state index in [-0.39, 0.29) is 23.5 Å². The van der Waals surface area contributed by atoms with Gasteiger partial charge in [-0.05, 0) is 22.3 Å². The maximum atomic E-state index is 12.4. The Balaban J connectivity index is 1.26. The van der Waals surface area contributed by atoms with Gasteiger partial charge in [0.2, 0.25) is 0 Å². The van der Waals surface area contributed by atoms with E-state index in [0.29, 0.717) is 25.5 Å². The summed E-state index contributed by atoms with van der Waals surface area (Å²) in [5, 5.41) is 2.28. The van der Waals surface area contributed by atoms with Crippen LogP contribution in [0.1, 0.15) is 28.7 Å². The monoisotopic (exact) mass is 362 g/mol. The summed E-state index contributed by atoms with van der Waals surface area (Å²) in [5.41, 5.74) is 4.55.